The van der Waals surface area contributed by atoms with Gasteiger partial charge in [0.05, 0.1) is 30.2 Å². The third-order valence-corrected chi connectivity index (χ3v) is 7.00. The molecule has 1 amide bonds. The summed E-state index contributed by atoms with van der Waals surface area (Å²) in [4.78, 5) is 43.3. The van der Waals surface area contributed by atoms with E-state index in [0.717, 1.165) is 28.8 Å². The van der Waals surface area contributed by atoms with Crippen LogP contribution in [0.3, 0.4) is 0 Å². The van der Waals surface area contributed by atoms with Crippen LogP contribution in [0.4, 0.5) is 10.7 Å². The number of benzene rings is 2. The summed E-state index contributed by atoms with van der Waals surface area (Å²) in [7, 11) is 1.31. The van der Waals surface area contributed by atoms with Crippen LogP contribution in [0.1, 0.15) is 26.2 Å². The number of unbranched alkanes of at least 4 members (excludes halogenated alkanes) is 1. The van der Waals surface area contributed by atoms with Gasteiger partial charge in [0.15, 0.2) is 5.78 Å². The third kappa shape index (κ3) is 8.64. The first-order valence-electron chi connectivity index (χ1n) is 12.6. The van der Waals surface area contributed by atoms with E-state index < -0.39 is 30.0 Å². The number of aromatic amines is 1. The monoisotopic (exact) mass is 551 g/mol. The Kier molecular flexibility index (Phi) is 11.5. The molecule has 0 radical (unpaired) electrons. The van der Waals surface area contributed by atoms with Gasteiger partial charge in [-0.3, -0.25) is 10.1 Å². The van der Waals surface area contributed by atoms with Gasteiger partial charge in [0.2, 0.25) is 5.95 Å². The highest BCUT2D eigenvalue weighted by molar-refractivity contribution is 7.99. The molecule has 4 rings (SSSR count). The average Bonchev–Trinajstić information content (AvgIpc) is 3.34. The Morgan fingerprint density at radius 3 is 2.64 bits per heavy atom. The average molecular weight is 552 g/mol. The molecule has 1 heterocycles. The van der Waals surface area contributed by atoms with E-state index in [0.29, 0.717) is 12.2 Å². The number of nitrogens with zero attached hydrogens (tertiary/aromatic N) is 1. The van der Waals surface area contributed by atoms with Crippen LogP contribution in [0.15, 0.2) is 82.6 Å². The Morgan fingerprint density at radius 2 is 1.95 bits per heavy atom. The second kappa shape index (κ2) is 15.0. The Hall–Kier alpha value is -3.73. The smallest absolute Gasteiger partial charge is 0.413 e. The van der Waals surface area contributed by atoms with E-state index in [1.54, 1.807) is 23.9 Å². The molecule has 1 aromatic heterocycles. The molecule has 10 heteroatoms. The fraction of sp³-hybridized carbons (Fsp3) is 0.310. The first-order chi connectivity index (χ1) is 18.9. The minimum absolute atomic E-state index is 0.231. The number of H-pyrrole nitrogens is 1. The Bertz CT molecular complexity index is 1310. The number of aliphatic hydroxyl groups is 2. The molecule has 0 spiro atoms. The number of anilines is 1. The van der Waals surface area contributed by atoms with E-state index in [1.807, 2.05) is 48.6 Å². The van der Waals surface area contributed by atoms with Crippen molar-refractivity contribution in [2.45, 2.75) is 48.2 Å². The summed E-state index contributed by atoms with van der Waals surface area (Å²) in [6.45, 7) is 2.08. The number of fused-ring (bicyclic) bond motifs is 1. The molecular weight excluding hydrogens is 518 g/mol. The van der Waals surface area contributed by atoms with Crippen molar-refractivity contribution in [2.75, 3.05) is 12.4 Å². The largest absolute Gasteiger partial charge is 0.453 e. The molecular formula is C29H33N3O6S. The van der Waals surface area contributed by atoms with Gasteiger partial charge in [0, 0.05) is 9.79 Å². The number of imidazole rings is 1. The summed E-state index contributed by atoms with van der Waals surface area (Å²) < 4.78 is 4.54. The highest BCUT2D eigenvalue weighted by Gasteiger charge is 2.41. The van der Waals surface area contributed by atoms with Crippen molar-refractivity contribution in [1.82, 2.24) is 9.97 Å². The van der Waals surface area contributed by atoms with E-state index in [2.05, 4.69) is 39.1 Å². The minimum atomic E-state index is -1.43. The zero-order valence-corrected chi connectivity index (χ0v) is 22.6. The van der Waals surface area contributed by atoms with E-state index >= 15 is 0 Å². The highest BCUT2D eigenvalue weighted by atomic mass is 32.2. The van der Waals surface area contributed by atoms with Crippen molar-refractivity contribution in [3.8, 4) is 0 Å². The molecule has 1 aliphatic carbocycles. The fourth-order valence-electron chi connectivity index (χ4n) is 3.95. The van der Waals surface area contributed by atoms with Gasteiger partial charge < -0.3 is 24.7 Å². The Labute approximate surface area is 231 Å². The van der Waals surface area contributed by atoms with Crippen LogP contribution in [0.25, 0.3) is 11.0 Å². The summed E-state index contributed by atoms with van der Waals surface area (Å²) >= 11 is 1.67. The van der Waals surface area contributed by atoms with Crippen molar-refractivity contribution < 1.29 is 29.3 Å². The molecule has 9 nitrogen and oxygen atoms in total. The number of ether oxygens (including phenoxy) is 1. The SMILES string of the molecule is CCCC=CC=CC1CC(O)C(O)C(=O)C1C=O.COC(=O)Nc1nc2ccc(Sc3ccccc3)cc2[nH]1. The number of allylic oxidation sites excluding steroid dienone is 4. The number of carbonyl (C=O) groups excluding carboxylic acids is 3. The van der Waals surface area contributed by atoms with Gasteiger partial charge in [-0.2, -0.15) is 0 Å². The van der Waals surface area contributed by atoms with Gasteiger partial charge in [0.1, 0.15) is 12.4 Å². The number of aldehydes is 1. The minimum Gasteiger partial charge on any atom is -0.453 e. The molecule has 0 bridgehead atoms. The lowest BCUT2D eigenvalue weighted by Crippen LogP contribution is -2.47. The van der Waals surface area contributed by atoms with Crippen LogP contribution in [0.5, 0.6) is 0 Å². The maximum atomic E-state index is 11.6. The van der Waals surface area contributed by atoms with Gasteiger partial charge in [-0.15, -0.1) is 0 Å². The van der Waals surface area contributed by atoms with E-state index in [9.17, 15) is 24.6 Å². The molecule has 206 valence electrons. The predicted octanol–water partition coefficient (Wildman–Crippen LogP) is 4.92. The molecule has 2 aromatic carbocycles. The number of hydrogen-bond acceptors (Lipinski definition) is 8. The summed E-state index contributed by atoms with van der Waals surface area (Å²) in [5.74, 6) is -1.39. The zero-order chi connectivity index (χ0) is 28.2. The number of aromatic nitrogens is 2. The van der Waals surface area contributed by atoms with E-state index in [4.69, 9.17) is 0 Å². The summed E-state index contributed by atoms with van der Waals surface area (Å²) in [5.41, 5.74) is 1.65. The van der Waals surface area contributed by atoms with Crippen molar-refractivity contribution >= 4 is 46.9 Å². The second-order valence-corrected chi connectivity index (χ2v) is 10.0. The topological polar surface area (TPSA) is 142 Å². The van der Waals surface area contributed by atoms with Crippen molar-refractivity contribution in [3.63, 3.8) is 0 Å². The Morgan fingerprint density at radius 1 is 1.18 bits per heavy atom. The van der Waals surface area contributed by atoms with Gasteiger partial charge in [0.25, 0.3) is 0 Å². The van der Waals surface area contributed by atoms with E-state index in [1.165, 1.54) is 12.0 Å². The van der Waals surface area contributed by atoms with Crippen LogP contribution >= 0.6 is 11.8 Å². The number of nitrogens with one attached hydrogen (secondary N) is 2. The number of methoxy groups -OCH3 is 1. The molecule has 39 heavy (non-hydrogen) atoms. The van der Waals surface area contributed by atoms with Crippen LogP contribution < -0.4 is 5.32 Å². The third-order valence-electron chi connectivity index (χ3n) is 6.00. The van der Waals surface area contributed by atoms with Gasteiger partial charge in [-0.25, -0.2) is 9.78 Å². The molecule has 1 aliphatic rings. The lowest BCUT2D eigenvalue weighted by Gasteiger charge is -2.31. The standard InChI is InChI=1S/C15H13N3O2S.C14H20O4/c1-20-15(19)18-14-16-12-8-7-11(9-13(12)17-14)21-10-5-3-2-4-6-10;1-2-3-4-5-6-7-10-8-12(16)14(18)13(17)11(10)9-15/h2-9H,1H3,(H2,16,17,18,19);4-7,9-12,14,16,18H,2-3,8H2,1H3. The van der Waals surface area contributed by atoms with E-state index in [-0.39, 0.29) is 12.3 Å². The van der Waals surface area contributed by atoms with Crippen molar-refractivity contribution in [1.29, 1.82) is 0 Å². The highest BCUT2D eigenvalue weighted by Crippen LogP contribution is 2.30. The van der Waals surface area contributed by atoms with Crippen LogP contribution in [-0.4, -0.2) is 57.7 Å². The molecule has 4 atom stereocenters. The number of Topliss-reactive ketones (excluding diaryl/α,β-unsaturated/α-hetero) is 1. The quantitative estimate of drug-likeness (QED) is 0.176. The summed E-state index contributed by atoms with van der Waals surface area (Å²) in [6.07, 6.45) is 7.18. The lowest BCUT2D eigenvalue weighted by molar-refractivity contribution is -0.146. The number of amides is 1. The van der Waals surface area contributed by atoms with Gasteiger partial charge >= 0.3 is 6.09 Å². The number of ketones is 1. The lowest BCUT2D eigenvalue weighted by atomic mass is 9.76. The maximum absolute atomic E-state index is 11.6. The summed E-state index contributed by atoms with van der Waals surface area (Å²) in [5, 5.41) is 21.5. The molecule has 0 saturated heterocycles. The number of rotatable bonds is 8. The first-order valence-corrected chi connectivity index (χ1v) is 13.4. The number of carbonyl (C=O) groups is 3. The molecule has 4 unspecified atom stereocenters. The maximum Gasteiger partial charge on any atom is 0.413 e. The van der Waals surface area contributed by atoms with Crippen LogP contribution in [-0.2, 0) is 14.3 Å². The molecule has 1 saturated carbocycles. The second-order valence-electron chi connectivity index (χ2n) is 8.87. The van der Waals surface area contributed by atoms with Crippen LogP contribution in [0.2, 0.25) is 0 Å². The van der Waals surface area contributed by atoms with Gasteiger partial charge in [-0.1, -0.05) is 67.6 Å². The normalized spacial score (nSPS) is 21.1. The molecule has 3 aromatic rings. The number of hydrogen-bond donors (Lipinski definition) is 4. The van der Waals surface area contributed by atoms with Crippen molar-refractivity contribution in [2.24, 2.45) is 11.8 Å². The predicted molar refractivity (Wildman–Crippen MR) is 151 cm³/mol. The Balaban J connectivity index is 0.000000219. The molecule has 1 fully saturated rings. The van der Waals surface area contributed by atoms with Gasteiger partial charge in [-0.05, 0) is 49.1 Å². The fourth-order valence-corrected chi connectivity index (χ4v) is 4.83. The molecule has 4 N–H and O–H groups in total. The summed E-state index contributed by atoms with van der Waals surface area (Å²) in [6, 6.07) is 16.1. The molecule has 0 aliphatic heterocycles. The number of aliphatic hydroxyl groups excluding tert-OH is 2. The first kappa shape index (κ1) is 29.8. The van der Waals surface area contributed by atoms with Crippen LogP contribution in [0, 0.1) is 11.8 Å². The van der Waals surface area contributed by atoms with Crippen molar-refractivity contribution in [3.05, 3.63) is 72.8 Å². The zero-order valence-electron chi connectivity index (χ0n) is 21.8.